The number of β-lactam (4-membered cyclic amide) rings is 1. The number of hydroxylamine groups is 2. The first kappa shape index (κ1) is 29.7. The molecule has 2 aromatic rings. The number of aliphatic hydroxyl groups excluding tert-OH is 1. The van der Waals surface area contributed by atoms with Crippen molar-refractivity contribution in [3.8, 4) is 5.75 Å². The second kappa shape index (κ2) is 11.9. The third-order valence-corrected chi connectivity index (χ3v) is 6.46. The number of rotatable bonds is 13. The Hall–Kier alpha value is -3.84. The first-order valence-corrected chi connectivity index (χ1v) is 13.4. The van der Waals surface area contributed by atoms with Crippen LogP contribution in [0.5, 0.6) is 5.75 Å². The quantitative estimate of drug-likeness (QED) is 0.0566. The van der Waals surface area contributed by atoms with E-state index in [9.17, 15) is 23.1 Å². The average Bonchev–Trinajstić information content (AvgIpc) is 3.29. The summed E-state index contributed by atoms with van der Waals surface area (Å²) in [6.45, 7) is 2.44. The van der Waals surface area contributed by atoms with Gasteiger partial charge in [-0.05, 0) is 38.1 Å². The predicted molar refractivity (Wildman–Crippen MR) is 138 cm³/mol. The monoisotopic (exact) mass is 585 g/mol. The molecule has 0 bridgehead atoms. The molecule has 1 fully saturated rings. The Labute approximate surface area is 226 Å². The van der Waals surface area contributed by atoms with Crippen LogP contribution in [0.2, 0.25) is 0 Å². The van der Waals surface area contributed by atoms with Crippen molar-refractivity contribution in [3.05, 3.63) is 40.9 Å². The van der Waals surface area contributed by atoms with Crippen molar-refractivity contribution in [1.29, 1.82) is 5.41 Å². The highest BCUT2D eigenvalue weighted by atomic mass is 32.3. The van der Waals surface area contributed by atoms with Crippen LogP contribution in [-0.2, 0) is 29.1 Å². The SMILES string of the molecule is CC1(C)[C@H](NC(=O)C(=NOC(CCO)COc2ccc(C(=N)N)cc2)c2csc(N)n2)C(=O)N1OS(=O)(=O)O. The van der Waals surface area contributed by atoms with E-state index in [1.54, 1.807) is 24.3 Å². The Balaban J connectivity index is 1.75. The highest BCUT2D eigenvalue weighted by molar-refractivity contribution is 7.80. The molecule has 1 unspecified atom stereocenters. The molecule has 39 heavy (non-hydrogen) atoms. The van der Waals surface area contributed by atoms with Crippen molar-refractivity contribution in [3.63, 3.8) is 0 Å². The van der Waals surface area contributed by atoms with Crippen LogP contribution in [0.3, 0.4) is 0 Å². The summed E-state index contributed by atoms with van der Waals surface area (Å²) in [5.74, 6) is -1.51. The summed E-state index contributed by atoms with van der Waals surface area (Å²) in [5, 5.41) is 25.2. The molecule has 2 amide bonds. The first-order chi connectivity index (χ1) is 18.2. The molecule has 1 aliphatic rings. The van der Waals surface area contributed by atoms with E-state index in [1.165, 1.54) is 19.2 Å². The largest absolute Gasteiger partial charge is 0.490 e. The van der Waals surface area contributed by atoms with Crippen LogP contribution in [0.25, 0.3) is 0 Å². The highest BCUT2D eigenvalue weighted by Crippen LogP contribution is 2.33. The van der Waals surface area contributed by atoms with Gasteiger partial charge >= 0.3 is 10.4 Å². The number of benzene rings is 1. The van der Waals surface area contributed by atoms with E-state index < -0.39 is 39.9 Å². The molecule has 1 aromatic heterocycles. The fraction of sp³-hybridized carbons (Fsp3) is 0.381. The van der Waals surface area contributed by atoms with Gasteiger partial charge in [-0.3, -0.25) is 19.6 Å². The number of carbonyl (C=O) groups is 2. The zero-order valence-electron chi connectivity index (χ0n) is 20.7. The van der Waals surface area contributed by atoms with Crippen LogP contribution in [0.1, 0.15) is 31.5 Å². The minimum atomic E-state index is -4.97. The van der Waals surface area contributed by atoms with Gasteiger partial charge in [0.15, 0.2) is 16.9 Å². The molecule has 212 valence electrons. The van der Waals surface area contributed by atoms with Crippen molar-refractivity contribution >= 4 is 50.2 Å². The molecule has 2 heterocycles. The number of nitrogens with zero attached hydrogens (tertiary/aromatic N) is 3. The van der Waals surface area contributed by atoms with Crippen LogP contribution in [0, 0.1) is 5.41 Å². The van der Waals surface area contributed by atoms with Gasteiger partial charge in [-0.2, -0.15) is 13.5 Å². The number of aliphatic hydroxyl groups is 1. The van der Waals surface area contributed by atoms with Crippen molar-refractivity contribution in [2.75, 3.05) is 18.9 Å². The summed E-state index contributed by atoms with van der Waals surface area (Å²) < 4.78 is 40.9. The van der Waals surface area contributed by atoms with Crippen molar-refractivity contribution in [1.82, 2.24) is 15.4 Å². The number of nitrogen functional groups attached to an aromatic ring is 2. The smallest absolute Gasteiger partial charge is 0.418 e. The maximum absolute atomic E-state index is 13.1. The van der Waals surface area contributed by atoms with Crippen molar-refractivity contribution < 1.29 is 41.5 Å². The molecule has 1 saturated heterocycles. The van der Waals surface area contributed by atoms with Gasteiger partial charge in [0.25, 0.3) is 11.8 Å². The number of hydrogen-bond donors (Lipinski definition) is 6. The molecule has 2 atom stereocenters. The molecule has 0 aliphatic carbocycles. The van der Waals surface area contributed by atoms with E-state index >= 15 is 0 Å². The number of thiazole rings is 1. The molecular formula is C21H27N7O9S2. The molecule has 0 saturated carbocycles. The maximum Gasteiger partial charge on any atom is 0.418 e. The average molecular weight is 586 g/mol. The summed E-state index contributed by atoms with van der Waals surface area (Å²) in [7, 11) is -4.97. The standard InChI is InChI=1S/C21H27N7O9S2/c1-21(2)16(19(31)28(21)37-39(32,33)34)26-18(30)15(14-10-38-20(24)25-14)27-36-13(7-8-29)9-35-12-5-3-11(4-6-12)17(22)23/h3-6,10,13,16,29H,7-9H2,1-2H3,(H3,22,23)(H2,24,25)(H,26,30)(H,32,33,34)/t13?,16-/m1/s1. The van der Waals surface area contributed by atoms with Gasteiger partial charge in [0.1, 0.15) is 29.9 Å². The predicted octanol–water partition coefficient (Wildman–Crippen LogP) is -0.600. The Morgan fingerprint density at radius 2 is 2.03 bits per heavy atom. The van der Waals surface area contributed by atoms with E-state index in [2.05, 4.69) is 19.7 Å². The summed E-state index contributed by atoms with van der Waals surface area (Å²) in [6.07, 6.45) is -0.735. The summed E-state index contributed by atoms with van der Waals surface area (Å²) >= 11 is 1.02. The van der Waals surface area contributed by atoms with Crippen molar-refractivity contribution in [2.24, 2.45) is 10.9 Å². The molecule has 1 aromatic carbocycles. The van der Waals surface area contributed by atoms with Gasteiger partial charge in [0.2, 0.25) is 0 Å². The zero-order valence-corrected chi connectivity index (χ0v) is 22.4. The fourth-order valence-electron chi connectivity index (χ4n) is 3.38. The fourth-order valence-corrected chi connectivity index (χ4v) is 4.38. The molecule has 16 nitrogen and oxygen atoms in total. The minimum Gasteiger partial charge on any atom is -0.490 e. The zero-order chi connectivity index (χ0) is 29.0. The molecule has 18 heteroatoms. The van der Waals surface area contributed by atoms with E-state index in [0.29, 0.717) is 16.4 Å². The number of hydrogen-bond acceptors (Lipinski definition) is 13. The number of ether oxygens (including phenoxy) is 1. The summed E-state index contributed by atoms with van der Waals surface area (Å²) in [6, 6.07) is 5.14. The molecular weight excluding hydrogens is 558 g/mol. The number of amides is 2. The molecule has 0 spiro atoms. The second-order valence-electron chi connectivity index (χ2n) is 8.69. The van der Waals surface area contributed by atoms with Crippen LogP contribution < -0.4 is 21.5 Å². The Bertz CT molecular complexity index is 1360. The second-order valence-corrected chi connectivity index (χ2v) is 10.6. The van der Waals surface area contributed by atoms with Gasteiger partial charge in [-0.1, -0.05) is 5.16 Å². The normalized spacial score (nSPS) is 17.7. The number of oxime groups is 1. The van der Waals surface area contributed by atoms with E-state index in [0.717, 1.165) is 11.3 Å². The third-order valence-electron chi connectivity index (χ3n) is 5.45. The lowest BCUT2D eigenvalue weighted by Crippen LogP contribution is -2.76. The molecule has 0 radical (unpaired) electrons. The Kier molecular flexibility index (Phi) is 9.07. The molecule has 3 rings (SSSR count). The summed E-state index contributed by atoms with van der Waals surface area (Å²) in [4.78, 5) is 35.1. The molecule has 1 aliphatic heterocycles. The van der Waals surface area contributed by atoms with Crippen LogP contribution in [0.4, 0.5) is 5.13 Å². The Morgan fingerprint density at radius 1 is 1.36 bits per heavy atom. The number of nitrogens with two attached hydrogens (primary N) is 2. The van der Waals surface area contributed by atoms with Gasteiger partial charge in [0, 0.05) is 24.0 Å². The van der Waals surface area contributed by atoms with Gasteiger partial charge < -0.3 is 31.5 Å². The lowest BCUT2D eigenvalue weighted by atomic mass is 9.84. The van der Waals surface area contributed by atoms with Crippen molar-refractivity contribution in [2.45, 2.75) is 38.0 Å². The minimum absolute atomic E-state index is 0.0362. The number of anilines is 1. The number of nitrogens with one attached hydrogen (secondary N) is 2. The Morgan fingerprint density at radius 3 is 2.54 bits per heavy atom. The van der Waals surface area contributed by atoms with Gasteiger partial charge in [-0.25, -0.2) is 4.98 Å². The molecule has 8 N–H and O–H groups in total. The van der Waals surface area contributed by atoms with Gasteiger partial charge in [0.05, 0.1) is 5.54 Å². The lowest BCUT2D eigenvalue weighted by molar-refractivity contribution is -0.218. The number of amidine groups is 1. The summed E-state index contributed by atoms with van der Waals surface area (Å²) in [5.41, 5.74) is 9.96. The third kappa shape index (κ3) is 7.39. The lowest BCUT2D eigenvalue weighted by Gasteiger charge is -2.50. The topological polar surface area (TPSA) is 253 Å². The van der Waals surface area contributed by atoms with Crippen LogP contribution in [-0.4, -0.2) is 82.4 Å². The van der Waals surface area contributed by atoms with Gasteiger partial charge in [-0.15, -0.1) is 15.6 Å². The van der Waals surface area contributed by atoms with Crippen LogP contribution >= 0.6 is 11.3 Å². The first-order valence-electron chi connectivity index (χ1n) is 11.2. The highest BCUT2D eigenvalue weighted by Gasteiger charge is 2.58. The van der Waals surface area contributed by atoms with E-state index in [1.807, 2.05) is 0 Å². The number of aromatic nitrogens is 1. The maximum atomic E-state index is 13.1. The van der Waals surface area contributed by atoms with Crippen LogP contribution in [0.15, 0.2) is 34.8 Å². The number of carbonyl (C=O) groups excluding carboxylic acids is 2. The van der Waals surface area contributed by atoms with E-state index in [-0.39, 0.29) is 42.0 Å². The van der Waals surface area contributed by atoms with E-state index in [4.69, 9.17) is 31.0 Å².